The summed E-state index contributed by atoms with van der Waals surface area (Å²) in [5.41, 5.74) is 7.35. The molecule has 1 aliphatic carbocycles. The standard InChI is InChI=1S/C19H19BrFN5O2/c1-26-8-11(14-15(26)12(20)7-23-16(14)22)13-4-3-10(18(25-13)28-2)17(27)24-9-19(21)5-6-19/h3-4,7-8H,5-6,9H2,1-2H3,(H2,22,23)(H,24,27). The van der Waals surface area contributed by atoms with Gasteiger partial charge in [-0.15, -0.1) is 0 Å². The molecule has 3 N–H and O–H groups in total. The number of carbonyl (C=O) groups excluding carboxylic acids is 1. The van der Waals surface area contributed by atoms with Gasteiger partial charge in [0, 0.05) is 25.0 Å². The number of rotatable bonds is 5. The first-order valence-corrected chi connectivity index (χ1v) is 9.54. The number of nitrogens with zero attached hydrogens (tertiary/aromatic N) is 3. The fourth-order valence-corrected chi connectivity index (χ4v) is 3.77. The molecule has 0 atom stereocenters. The van der Waals surface area contributed by atoms with Crippen LogP contribution in [0, 0.1) is 0 Å². The van der Waals surface area contributed by atoms with E-state index in [4.69, 9.17) is 10.5 Å². The van der Waals surface area contributed by atoms with Crippen molar-refractivity contribution in [2.45, 2.75) is 18.5 Å². The third-order valence-corrected chi connectivity index (χ3v) is 5.49. The highest BCUT2D eigenvalue weighted by Gasteiger charge is 2.43. The summed E-state index contributed by atoms with van der Waals surface area (Å²) in [6, 6.07) is 3.34. The van der Waals surface area contributed by atoms with Gasteiger partial charge in [0.05, 0.1) is 34.7 Å². The molecule has 9 heteroatoms. The van der Waals surface area contributed by atoms with Gasteiger partial charge in [-0.3, -0.25) is 4.79 Å². The molecule has 7 nitrogen and oxygen atoms in total. The summed E-state index contributed by atoms with van der Waals surface area (Å²) in [5, 5.41) is 3.37. The molecule has 3 heterocycles. The normalized spacial score (nSPS) is 14.9. The van der Waals surface area contributed by atoms with Crippen LogP contribution < -0.4 is 15.8 Å². The van der Waals surface area contributed by atoms with Crippen molar-refractivity contribution in [3.05, 3.63) is 34.6 Å². The fourth-order valence-electron chi connectivity index (χ4n) is 3.19. The maximum atomic E-state index is 13.8. The Morgan fingerprint density at radius 2 is 2.21 bits per heavy atom. The number of aromatic nitrogens is 3. The molecule has 1 amide bonds. The Labute approximate surface area is 169 Å². The van der Waals surface area contributed by atoms with E-state index in [0.717, 1.165) is 20.9 Å². The van der Waals surface area contributed by atoms with Crippen LogP contribution in [0.3, 0.4) is 0 Å². The van der Waals surface area contributed by atoms with Crippen LogP contribution >= 0.6 is 15.9 Å². The summed E-state index contributed by atoms with van der Waals surface area (Å²) in [7, 11) is 3.34. The lowest BCUT2D eigenvalue weighted by Gasteiger charge is -2.11. The Bertz CT molecular complexity index is 1090. The minimum absolute atomic E-state index is 0.00368. The smallest absolute Gasteiger partial charge is 0.256 e. The van der Waals surface area contributed by atoms with E-state index in [1.165, 1.54) is 7.11 Å². The molecule has 0 radical (unpaired) electrons. The van der Waals surface area contributed by atoms with Gasteiger partial charge in [-0.25, -0.2) is 14.4 Å². The summed E-state index contributed by atoms with van der Waals surface area (Å²) in [6.07, 6.45) is 4.51. The molecule has 1 aliphatic rings. The Morgan fingerprint density at radius 1 is 1.46 bits per heavy atom. The number of ether oxygens (including phenoxy) is 1. The van der Waals surface area contributed by atoms with Gasteiger partial charge in [0.15, 0.2) is 0 Å². The number of methoxy groups -OCH3 is 1. The molecular formula is C19H19BrFN5O2. The number of nitrogens with two attached hydrogens (primary N) is 1. The number of anilines is 1. The molecule has 146 valence electrons. The number of nitrogen functional groups attached to an aromatic ring is 1. The van der Waals surface area contributed by atoms with Crippen molar-refractivity contribution in [1.82, 2.24) is 19.9 Å². The fraction of sp³-hybridized carbons (Fsp3) is 0.316. The largest absolute Gasteiger partial charge is 0.480 e. The lowest BCUT2D eigenvalue weighted by molar-refractivity contribution is 0.0934. The van der Waals surface area contributed by atoms with Gasteiger partial charge in [0.25, 0.3) is 5.91 Å². The second kappa shape index (κ2) is 6.73. The molecule has 28 heavy (non-hydrogen) atoms. The van der Waals surface area contributed by atoms with Gasteiger partial charge < -0.3 is 20.4 Å². The molecule has 0 unspecified atom stereocenters. The van der Waals surface area contributed by atoms with Crippen LogP contribution in [-0.2, 0) is 7.05 Å². The van der Waals surface area contributed by atoms with Crippen molar-refractivity contribution >= 4 is 38.6 Å². The summed E-state index contributed by atoms with van der Waals surface area (Å²) in [5.74, 6) is 0.132. The van der Waals surface area contributed by atoms with Gasteiger partial charge >= 0.3 is 0 Å². The van der Waals surface area contributed by atoms with Gasteiger partial charge in [0.2, 0.25) is 5.88 Å². The lowest BCUT2D eigenvalue weighted by Crippen LogP contribution is -2.31. The summed E-state index contributed by atoms with van der Waals surface area (Å²) < 4.78 is 21.8. The third-order valence-electron chi connectivity index (χ3n) is 4.91. The third kappa shape index (κ3) is 3.19. The molecule has 1 fully saturated rings. The first-order chi connectivity index (χ1) is 13.3. The molecule has 4 rings (SSSR count). The van der Waals surface area contributed by atoms with Crippen molar-refractivity contribution in [3.63, 3.8) is 0 Å². The summed E-state index contributed by atoms with van der Waals surface area (Å²) in [4.78, 5) is 21.1. The first-order valence-electron chi connectivity index (χ1n) is 8.74. The second-order valence-corrected chi connectivity index (χ2v) is 7.81. The minimum Gasteiger partial charge on any atom is -0.480 e. The van der Waals surface area contributed by atoms with Crippen LogP contribution in [0.15, 0.2) is 29.0 Å². The van der Waals surface area contributed by atoms with Gasteiger partial charge in [0.1, 0.15) is 17.1 Å². The van der Waals surface area contributed by atoms with Crippen molar-refractivity contribution in [1.29, 1.82) is 0 Å². The van der Waals surface area contributed by atoms with Crippen LogP contribution in [0.25, 0.3) is 22.2 Å². The molecule has 3 aromatic rings. The topological polar surface area (TPSA) is 95.1 Å². The number of hydrogen-bond donors (Lipinski definition) is 2. The van der Waals surface area contributed by atoms with E-state index in [0.29, 0.717) is 24.4 Å². The predicted molar refractivity (Wildman–Crippen MR) is 108 cm³/mol. The van der Waals surface area contributed by atoms with Crippen LogP contribution in [0.1, 0.15) is 23.2 Å². The van der Waals surface area contributed by atoms with Crippen LogP contribution in [0.2, 0.25) is 0 Å². The maximum Gasteiger partial charge on any atom is 0.256 e. The van der Waals surface area contributed by atoms with E-state index in [2.05, 4.69) is 31.2 Å². The van der Waals surface area contributed by atoms with Crippen LogP contribution in [0.5, 0.6) is 5.88 Å². The van der Waals surface area contributed by atoms with E-state index >= 15 is 0 Å². The number of nitrogens with one attached hydrogen (secondary N) is 1. The molecule has 0 aromatic carbocycles. The SMILES string of the molecule is COc1nc(-c2cn(C)c3c(Br)cnc(N)c23)ccc1C(=O)NCC1(F)CC1. The molecule has 0 aliphatic heterocycles. The zero-order chi connectivity index (χ0) is 20.1. The maximum absolute atomic E-state index is 13.8. The van der Waals surface area contributed by atoms with Crippen molar-refractivity contribution in [3.8, 4) is 17.1 Å². The number of pyridine rings is 2. The Hall–Kier alpha value is -2.68. The summed E-state index contributed by atoms with van der Waals surface area (Å²) >= 11 is 3.50. The second-order valence-electron chi connectivity index (χ2n) is 6.96. The van der Waals surface area contributed by atoms with Crippen molar-refractivity contribution < 1.29 is 13.9 Å². The number of aryl methyl sites for hydroxylation is 1. The molecule has 0 bridgehead atoms. The molecule has 0 spiro atoms. The number of carbonyl (C=O) groups is 1. The first kappa shape index (κ1) is 18.7. The highest BCUT2D eigenvalue weighted by atomic mass is 79.9. The van der Waals surface area contributed by atoms with Crippen LogP contribution in [-0.4, -0.2) is 39.8 Å². The van der Waals surface area contributed by atoms with E-state index in [1.807, 2.05) is 17.8 Å². The quantitative estimate of drug-likeness (QED) is 0.625. The van der Waals surface area contributed by atoms with E-state index < -0.39 is 11.6 Å². The van der Waals surface area contributed by atoms with E-state index in [9.17, 15) is 9.18 Å². The van der Waals surface area contributed by atoms with Gasteiger partial charge in [-0.05, 0) is 40.9 Å². The highest BCUT2D eigenvalue weighted by Crippen LogP contribution is 2.39. The monoisotopic (exact) mass is 447 g/mol. The molecular weight excluding hydrogens is 429 g/mol. The highest BCUT2D eigenvalue weighted by molar-refractivity contribution is 9.10. The average Bonchev–Trinajstić information content (AvgIpc) is 3.32. The zero-order valence-electron chi connectivity index (χ0n) is 15.4. The Kier molecular flexibility index (Phi) is 4.49. The van der Waals surface area contributed by atoms with Gasteiger partial charge in [-0.1, -0.05) is 0 Å². The Morgan fingerprint density at radius 3 is 2.89 bits per heavy atom. The number of hydrogen-bond acceptors (Lipinski definition) is 5. The number of amides is 1. The summed E-state index contributed by atoms with van der Waals surface area (Å²) in [6.45, 7) is -0.00368. The van der Waals surface area contributed by atoms with Crippen molar-refractivity contribution in [2.24, 2.45) is 7.05 Å². The molecule has 1 saturated carbocycles. The van der Waals surface area contributed by atoms with Crippen LogP contribution in [0.4, 0.5) is 10.2 Å². The zero-order valence-corrected chi connectivity index (χ0v) is 17.0. The van der Waals surface area contributed by atoms with Gasteiger partial charge in [-0.2, -0.15) is 0 Å². The lowest BCUT2D eigenvalue weighted by atomic mass is 10.1. The molecule has 0 saturated heterocycles. The minimum atomic E-state index is -1.27. The van der Waals surface area contributed by atoms with Crippen molar-refractivity contribution in [2.75, 3.05) is 19.4 Å². The number of fused-ring (bicyclic) bond motifs is 1. The van der Waals surface area contributed by atoms with E-state index in [1.54, 1.807) is 18.3 Å². The molecule has 3 aromatic heterocycles. The van der Waals surface area contributed by atoms with E-state index in [-0.39, 0.29) is 18.0 Å². The predicted octanol–water partition coefficient (Wildman–Crippen LogP) is 3.22. The number of halogens is 2. The number of alkyl halides is 1. The Balaban J connectivity index is 1.73. The average molecular weight is 448 g/mol.